The van der Waals surface area contributed by atoms with Crippen molar-refractivity contribution in [3.63, 3.8) is 0 Å². The first-order chi connectivity index (χ1) is 10.4. The largest absolute Gasteiger partial charge is 0.377 e. The van der Waals surface area contributed by atoms with E-state index in [4.69, 9.17) is 5.11 Å². The van der Waals surface area contributed by atoms with Crippen LogP contribution in [0.15, 0.2) is 18.2 Å². The van der Waals surface area contributed by atoms with Crippen molar-refractivity contribution in [2.24, 2.45) is 0 Å². The Morgan fingerprint density at radius 2 is 1.52 bits per heavy atom. The van der Waals surface area contributed by atoms with Crippen molar-refractivity contribution in [2.75, 3.05) is 0 Å². The lowest BCUT2D eigenvalue weighted by Gasteiger charge is -2.10. The van der Waals surface area contributed by atoms with Crippen molar-refractivity contribution < 1.29 is 32.0 Å². The minimum Gasteiger partial charge on any atom is -0.377 e. The van der Waals surface area contributed by atoms with Gasteiger partial charge in [-0.2, -0.15) is 0 Å². The van der Waals surface area contributed by atoms with Gasteiger partial charge in [0.15, 0.2) is 30.5 Å². The van der Waals surface area contributed by atoms with Gasteiger partial charge in [0.25, 0.3) is 5.69 Å². The topological polar surface area (TPSA) is 152 Å². The van der Waals surface area contributed by atoms with Gasteiger partial charge in [0.1, 0.15) is 0 Å². The minimum atomic E-state index is -3.98. The number of nitro benzene ring substituents is 1. The Hall–Kier alpha value is -1.56. The molecule has 0 radical (unpaired) electrons. The lowest BCUT2D eigenvalue weighted by atomic mass is 10.1. The Balaban J connectivity index is 3.26. The predicted octanol–water partition coefficient (Wildman–Crippen LogP) is 0.101. The summed E-state index contributed by atoms with van der Waals surface area (Å²) in [5, 5.41) is 29.4. The number of nitrogens with zero attached hydrogens (tertiary/aromatic N) is 1. The monoisotopic (exact) mass is 367 g/mol. The molecule has 0 amide bonds. The molecule has 0 saturated heterocycles. The maximum Gasteiger partial charge on any atom is 0.273 e. The van der Waals surface area contributed by atoms with E-state index in [1.807, 2.05) is 0 Å². The average Bonchev–Trinajstić information content (AvgIpc) is 2.39. The minimum absolute atomic E-state index is 0.0517. The lowest BCUT2D eigenvalue weighted by molar-refractivity contribution is -0.385. The highest BCUT2D eigenvalue weighted by molar-refractivity contribution is 7.91. The van der Waals surface area contributed by atoms with Crippen molar-refractivity contribution >= 4 is 25.4 Å². The summed E-state index contributed by atoms with van der Waals surface area (Å²) in [4.78, 5) is 10.3. The quantitative estimate of drug-likeness (QED) is 0.508. The first kappa shape index (κ1) is 19.5. The summed E-state index contributed by atoms with van der Waals surface area (Å²) >= 11 is 0. The molecule has 0 aliphatic heterocycles. The fourth-order valence-corrected chi connectivity index (χ4v) is 3.49. The molecule has 0 fully saturated rings. The smallest absolute Gasteiger partial charge is 0.273 e. The summed E-state index contributed by atoms with van der Waals surface area (Å²) in [5.74, 6) is -1.36. The maximum atomic E-state index is 11.7. The molecule has 11 heteroatoms. The standard InChI is InChI=1S/C12H17NO8S2/c1-8(14)22(18,19)6-10-3-4-11(12(5-10)13(16)17)7-23(20,21)9(2)15/h3-5,8-9,14-15H,6-7H2,1-2H3. The van der Waals surface area contributed by atoms with Crippen LogP contribution in [0.5, 0.6) is 0 Å². The van der Waals surface area contributed by atoms with Crippen LogP contribution < -0.4 is 0 Å². The van der Waals surface area contributed by atoms with Gasteiger partial charge in [0, 0.05) is 11.6 Å². The average molecular weight is 367 g/mol. The number of nitro groups is 1. The van der Waals surface area contributed by atoms with Crippen molar-refractivity contribution in [1.29, 1.82) is 0 Å². The number of aliphatic hydroxyl groups excluding tert-OH is 2. The van der Waals surface area contributed by atoms with Crippen LogP contribution in [0.2, 0.25) is 0 Å². The van der Waals surface area contributed by atoms with Crippen LogP contribution in [0.4, 0.5) is 5.69 Å². The molecule has 2 atom stereocenters. The van der Waals surface area contributed by atoms with Crippen molar-refractivity contribution in [2.45, 2.75) is 36.2 Å². The Morgan fingerprint density at radius 1 is 1.04 bits per heavy atom. The Bertz CT molecular complexity index is 796. The van der Waals surface area contributed by atoms with E-state index in [1.165, 1.54) is 6.07 Å². The van der Waals surface area contributed by atoms with Gasteiger partial charge in [-0.15, -0.1) is 0 Å². The highest BCUT2D eigenvalue weighted by Crippen LogP contribution is 2.25. The van der Waals surface area contributed by atoms with Crippen LogP contribution >= 0.6 is 0 Å². The zero-order chi connectivity index (χ0) is 18.0. The van der Waals surface area contributed by atoms with Crippen LogP contribution in [-0.4, -0.2) is 42.8 Å². The second kappa shape index (κ2) is 6.91. The van der Waals surface area contributed by atoms with Gasteiger partial charge in [0.2, 0.25) is 0 Å². The highest BCUT2D eigenvalue weighted by Gasteiger charge is 2.26. The van der Waals surface area contributed by atoms with Gasteiger partial charge in [-0.3, -0.25) is 10.1 Å². The van der Waals surface area contributed by atoms with E-state index in [0.717, 1.165) is 26.0 Å². The molecule has 0 heterocycles. The van der Waals surface area contributed by atoms with Crippen molar-refractivity contribution in [3.8, 4) is 0 Å². The third-order valence-electron chi connectivity index (χ3n) is 3.11. The molecule has 1 rings (SSSR count). The number of sulfone groups is 2. The first-order valence-corrected chi connectivity index (χ1v) is 9.85. The maximum absolute atomic E-state index is 11.7. The highest BCUT2D eigenvalue weighted by atomic mass is 32.2. The zero-order valence-corrected chi connectivity index (χ0v) is 14.0. The van der Waals surface area contributed by atoms with E-state index in [-0.39, 0.29) is 11.1 Å². The van der Waals surface area contributed by atoms with E-state index in [9.17, 15) is 32.1 Å². The molecule has 2 N–H and O–H groups in total. The predicted molar refractivity (Wildman–Crippen MR) is 81.7 cm³/mol. The summed E-state index contributed by atoms with van der Waals surface area (Å²) in [6.07, 6.45) is 0. The molecule has 1 aromatic carbocycles. The SMILES string of the molecule is CC(O)S(=O)(=O)Cc1ccc(CS(=O)(=O)C(C)O)c([N+](=O)[O-])c1. The van der Waals surface area contributed by atoms with Crippen molar-refractivity contribution in [1.82, 2.24) is 0 Å². The summed E-state index contributed by atoms with van der Waals surface area (Å²) in [6, 6.07) is 3.32. The number of aliphatic hydroxyl groups is 2. The Kier molecular flexibility index (Phi) is 5.85. The molecule has 9 nitrogen and oxygen atoms in total. The number of rotatable bonds is 7. The van der Waals surface area contributed by atoms with Gasteiger partial charge < -0.3 is 10.2 Å². The third kappa shape index (κ3) is 4.96. The molecule has 23 heavy (non-hydrogen) atoms. The summed E-state index contributed by atoms with van der Waals surface area (Å²) < 4.78 is 46.6. The summed E-state index contributed by atoms with van der Waals surface area (Å²) in [5.41, 5.74) is -3.98. The molecule has 0 aliphatic carbocycles. The normalized spacial score (nSPS) is 15.1. The number of benzene rings is 1. The molecule has 0 bridgehead atoms. The van der Waals surface area contributed by atoms with Gasteiger partial charge in [-0.05, 0) is 19.4 Å². The Labute approximate surface area is 133 Å². The van der Waals surface area contributed by atoms with E-state index in [0.29, 0.717) is 0 Å². The lowest BCUT2D eigenvalue weighted by Crippen LogP contribution is -2.20. The fourth-order valence-electron chi connectivity index (χ4n) is 1.68. The fraction of sp³-hybridized carbons (Fsp3) is 0.500. The molecule has 1 aromatic rings. The number of hydrogen-bond donors (Lipinski definition) is 2. The van der Waals surface area contributed by atoms with Crippen LogP contribution in [0.3, 0.4) is 0 Å². The van der Waals surface area contributed by atoms with Gasteiger partial charge in [-0.25, -0.2) is 16.8 Å². The molecule has 0 aliphatic rings. The van der Waals surface area contributed by atoms with Crippen LogP contribution in [0.25, 0.3) is 0 Å². The van der Waals surface area contributed by atoms with Gasteiger partial charge >= 0.3 is 0 Å². The van der Waals surface area contributed by atoms with E-state index in [1.54, 1.807) is 0 Å². The summed E-state index contributed by atoms with van der Waals surface area (Å²) in [7, 11) is -7.86. The van der Waals surface area contributed by atoms with Gasteiger partial charge in [-0.1, -0.05) is 12.1 Å². The summed E-state index contributed by atoms with van der Waals surface area (Å²) in [6.45, 7) is 2.10. The molecule has 0 spiro atoms. The van der Waals surface area contributed by atoms with Gasteiger partial charge in [0.05, 0.1) is 16.4 Å². The third-order valence-corrected chi connectivity index (χ3v) is 6.64. The molecule has 130 valence electrons. The van der Waals surface area contributed by atoms with E-state index < -0.39 is 52.7 Å². The molecular weight excluding hydrogens is 350 g/mol. The number of hydrogen-bond acceptors (Lipinski definition) is 8. The van der Waals surface area contributed by atoms with E-state index >= 15 is 0 Å². The van der Waals surface area contributed by atoms with E-state index in [2.05, 4.69) is 0 Å². The second-order valence-corrected chi connectivity index (χ2v) is 9.63. The molecule has 0 saturated carbocycles. The second-order valence-electron chi connectivity index (χ2n) is 5.03. The van der Waals surface area contributed by atoms with Crippen LogP contribution in [0, 0.1) is 10.1 Å². The molecule has 0 aromatic heterocycles. The van der Waals surface area contributed by atoms with Crippen LogP contribution in [0.1, 0.15) is 25.0 Å². The Morgan fingerprint density at radius 3 is 1.96 bits per heavy atom. The van der Waals surface area contributed by atoms with Crippen molar-refractivity contribution in [3.05, 3.63) is 39.4 Å². The van der Waals surface area contributed by atoms with Crippen LogP contribution in [-0.2, 0) is 31.2 Å². The molecule has 2 unspecified atom stereocenters. The molecular formula is C12H17NO8S2. The zero-order valence-electron chi connectivity index (χ0n) is 12.4. The first-order valence-electron chi connectivity index (χ1n) is 6.42.